The number of hydrogen-bond donors (Lipinski definition) is 1. The minimum Gasteiger partial charge on any atom is -0.512 e. The number of carbonyl (C=O) groups excluding carboxylic acids is 1. The van der Waals surface area contributed by atoms with Crippen molar-refractivity contribution in [2.45, 2.75) is 86.0 Å². The van der Waals surface area contributed by atoms with Crippen molar-refractivity contribution in [1.82, 2.24) is 4.98 Å². The summed E-state index contributed by atoms with van der Waals surface area (Å²) in [6, 6.07) is 25.4. The second-order valence-corrected chi connectivity index (χ2v) is 11.7. The van der Waals surface area contributed by atoms with Crippen LogP contribution in [-0.4, -0.2) is 15.9 Å². The van der Waals surface area contributed by atoms with Crippen molar-refractivity contribution in [2.75, 3.05) is 0 Å². The van der Waals surface area contributed by atoms with Crippen molar-refractivity contribution in [3.8, 4) is 22.4 Å². The third kappa shape index (κ3) is 7.91. The molecule has 1 aromatic heterocycles. The largest absolute Gasteiger partial charge is 0.512 e. The Hall–Kier alpha value is -3.07. The first-order valence-corrected chi connectivity index (χ1v) is 15.8. The Labute approximate surface area is 272 Å². The Morgan fingerprint density at radius 3 is 2.21 bits per heavy atom. The van der Waals surface area contributed by atoms with Gasteiger partial charge in [0.05, 0.1) is 5.76 Å². The van der Waals surface area contributed by atoms with Crippen LogP contribution in [0, 0.1) is 17.9 Å². The van der Waals surface area contributed by atoms with E-state index in [1.807, 2.05) is 33.9 Å². The van der Waals surface area contributed by atoms with Gasteiger partial charge in [-0.3, -0.25) is 9.78 Å². The third-order valence-electron chi connectivity index (χ3n) is 8.77. The van der Waals surface area contributed by atoms with Crippen LogP contribution < -0.4 is 0 Å². The summed E-state index contributed by atoms with van der Waals surface area (Å²) in [4.78, 5) is 16.5. The fourth-order valence-electron chi connectivity index (χ4n) is 6.13. The van der Waals surface area contributed by atoms with Gasteiger partial charge in [-0.2, -0.15) is 0 Å². The van der Waals surface area contributed by atoms with Crippen LogP contribution in [0.25, 0.3) is 33.2 Å². The Morgan fingerprint density at radius 1 is 0.884 bits per heavy atom. The molecule has 1 radical (unpaired) electrons. The third-order valence-corrected chi connectivity index (χ3v) is 8.77. The summed E-state index contributed by atoms with van der Waals surface area (Å²) >= 11 is 0. The Morgan fingerprint density at radius 2 is 1.53 bits per heavy atom. The van der Waals surface area contributed by atoms with Gasteiger partial charge in [0.1, 0.15) is 0 Å². The van der Waals surface area contributed by atoms with Crippen LogP contribution in [0.3, 0.4) is 0 Å². The number of carbonyl (C=O) groups is 1. The van der Waals surface area contributed by atoms with Crippen LogP contribution in [0.15, 0.2) is 78.7 Å². The zero-order valence-electron chi connectivity index (χ0n) is 26.5. The van der Waals surface area contributed by atoms with E-state index in [1.54, 1.807) is 0 Å². The minimum absolute atomic E-state index is 0. The molecule has 0 unspecified atom stereocenters. The molecule has 43 heavy (non-hydrogen) atoms. The minimum atomic E-state index is 0. The van der Waals surface area contributed by atoms with E-state index in [1.165, 1.54) is 44.7 Å². The first kappa shape index (κ1) is 34.4. The van der Waals surface area contributed by atoms with E-state index in [9.17, 15) is 9.90 Å². The summed E-state index contributed by atoms with van der Waals surface area (Å²) in [5.41, 5.74) is 9.06. The van der Waals surface area contributed by atoms with E-state index in [-0.39, 0.29) is 43.5 Å². The number of nitrogens with zero attached hydrogens (tertiary/aromatic N) is 1. The number of allylic oxidation sites excluding steroid dienone is 2. The molecule has 0 amide bonds. The molecule has 0 saturated carbocycles. The molecule has 0 spiro atoms. The number of benzene rings is 3. The van der Waals surface area contributed by atoms with E-state index >= 15 is 0 Å². The molecule has 0 bridgehead atoms. The van der Waals surface area contributed by atoms with Gasteiger partial charge < -0.3 is 5.11 Å². The number of hydrogen-bond acceptors (Lipinski definition) is 3. The predicted molar refractivity (Wildman–Crippen MR) is 177 cm³/mol. The molecular formula is C39H46IrNO2-. The summed E-state index contributed by atoms with van der Waals surface area (Å²) < 4.78 is 0. The fraction of sp³-hybridized carbons (Fsp3) is 0.385. The summed E-state index contributed by atoms with van der Waals surface area (Å²) in [5.74, 6) is 1.01. The number of fused-ring (bicyclic) bond motifs is 4. The van der Waals surface area contributed by atoms with Crippen LogP contribution in [0.1, 0.15) is 89.8 Å². The molecular weight excluding hydrogens is 707 g/mol. The summed E-state index contributed by atoms with van der Waals surface area (Å²) in [7, 11) is 0. The molecule has 1 N–H and O–H groups in total. The monoisotopic (exact) mass is 753 g/mol. The van der Waals surface area contributed by atoms with Gasteiger partial charge in [0, 0.05) is 49.9 Å². The Bertz CT molecular complexity index is 1550. The van der Waals surface area contributed by atoms with E-state index in [0.29, 0.717) is 5.92 Å². The van der Waals surface area contributed by atoms with E-state index in [0.717, 1.165) is 49.8 Å². The average molecular weight is 753 g/mol. The van der Waals surface area contributed by atoms with Crippen molar-refractivity contribution in [2.24, 2.45) is 11.8 Å². The number of aliphatic hydroxyl groups is 1. The average Bonchev–Trinajstić information content (AvgIpc) is 3.01. The predicted octanol–water partition coefficient (Wildman–Crippen LogP) is 10.5. The van der Waals surface area contributed by atoms with Gasteiger partial charge >= 0.3 is 0 Å². The first-order valence-electron chi connectivity index (χ1n) is 15.8. The number of aryl methyl sites for hydroxylation is 1. The maximum absolute atomic E-state index is 11.7. The van der Waals surface area contributed by atoms with Gasteiger partial charge in [0.15, 0.2) is 5.78 Å². The Balaban J connectivity index is 0.000000274. The van der Waals surface area contributed by atoms with E-state index < -0.39 is 0 Å². The zero-order chi connectivity index (χ0) is 30.2. The van der Waals surface area contributed by atoms with Crippen molar-refractivity contribution < 1.29 is 30.0 Å². The number of rotatable bonds is 9. The van der Waals surface area contributed by atoms with Crippen LogP contribution in [0.2, 0.25) is 0 Å². The molecule has 4 heteroatoms. The van der Waals surface area contributed by atoms with Gasteiger partial charge in [0.25, 0.3) is 0 Å². The number of pyridine rings is 1. The number of aliphatic hydroxyl groups excluding tert-OH is 1. The fourth-order valence-corrected chi connectivity index (χ4v) is 6.13. The van der Waals surface area contributed by atoms with Crippen molar-refractivity contribution >= 4 is 16.6 Å². The smallest absolute Gasteiger partial charge is 0.162 e. The number of ketones is 1. The van der Waals surface area contributed by atoms with Gasteiger partial charge in [-0.1, -0.05) is 95.0 Å². The van der Waals surface area contributed by atoms with Crippen LogP contribution in [-0.2, 0) is 37.7 Å². The van der Waals surface area contributed by atoms with Crippen molar-refractivity contribution in [1.29, 1.82) is 0 Å². The second-order valence-electron chi connectivity index (χ2n) is 11.7. The van der Waals surface area contributed by atoms with Gasteiger partial charge in [-0.05, 0) is 72.8 Å². The molecule has 1 aliphatic rings. The zero-order valence-corrected chi connectivity index (χ0v) is 28.9. The molecule has 0 atom stereocenters. The summed E-state index contributed by atoms with van der Waals surface area (Å²) in [5, 5.41) is 12.2. The van der Waals surface area contributed by atoms with Gasteiger partial charge in [-0.25, -0.2) is 0 Å². The molecule has 1 aliphatic carbocycles. The molecule has 1 heterocycles. The number of aromatic nitrogens is 1. The molecule has 229 valence electrons. The van der Waals surface area contributed by atoms with E-state index in [2.05, 4.69) is 80.6 Å². The summed E-state index contributed by atoms with van der Waals surface area (Å²) in [6.07, 6.45) is 8.97. The van der Waals surface area contributed by atoms with Crippen molar-refractivity contribution in [3.63, 3.8) is 0 Å². The molecule has 0 fully saturated rings. The van der Waals surface area contributed by atoms with Crippen LogP contribution in [0.4, 0.5) is 0 Å². The van der Waals surface area contributed by atoms with Gasteiger partial charge in [0.2, 0.25) is 0 Å². The quantitative estimate of drug-likeness (QED) is 0.105. The molecule has 5 rings (SSSR count). The van der Waals surface area contributed by atoms with Gasteiger partial charge in [-0.15, -0.1) is 29.1 Å². The Kier molecular flexibility index (Phi) is 12.9. The summed E-state index contributed by atoms with van der Waals surface area (Å²) in [6.45, 7) is 12.6. The standard InChI is InChI=1S/C26H22N.C13H24O2.Ir/c1-17(2)25-16-20(15-19-8-4-6-10-22(19)25)26-24-12-11-18-7-3-5-9-21(18)23(24)13-14-27-26;1-5-10(6-2)12(14)9-13(15)11(7-3)8-4;/h3-10,13-14,16-17H,11-12H2,1-2H3;9-11,14H,5-8H2,1-4H3;/q-1;;/b;12-9-;. The van der Waals surface area contributed by atoms with Crippen LogP contribution in [0.5, 0.6) is 0 Å². The first-order chi connectivity index (χ1) is 20.3. The van der Waals surface area contributed by atoms with Crippen molar-refractivity contribution in [3.05, 3.63) is 101 Å². The molecule has 3 aromatic carbocycles. The topological polar surface area (TPSA) is 50.2 Å². The maximum atomic E-state index is 11.7. The second kappa shape index (κ2) is 16.1. The maximum Gasteiger partial charge on any atom is 0.162 e. The van der Waals surface area contributed by atoms with Crippen LogP contribution >= 0.6 is 0 Å². The SMILES string of the molecule is CC(C)c1cc(-c2nccc3c2CCc2ccccc2-3)[c-]c2ccccc12.CCC(CC)C(=O)/C=C(\O)C(CC)CC.[Ir]. The molecule has 0 saturated heterocycles. The molecule has 3 nitrogen and oxygen atoms in total. The van der Waals surface area contributed by atoms with E-state index in [4.69, 9.17) is 4.98 Å². The molecule has 4 aromatic rings. The normalized spacial score (nSPS) is 12.4. The molecule has 0 aliphatic heterocycles.